The lowest BCUT2D eigenvalue weighted by Crippen LogP contribution is -2.50. The Bertz CT molecular complexity index is 661. The second-order valence-corrected chi connectivity index (χ2v) is 6.81. The lowest BCUT2D eigenvalue weighted by atomic mass is 10.2. The van der Waals surface area contributed by atoms with Gasteiger partial charge in [-0.2, -0.15) is 0 Å². The highest BCUT2D eigenvalue weighted by atomic mass is 16.6. The second-order valence-electron chi connectivity index (χ2n) is 6.81. The van der Waals surface area contributed by atoms with Gasteiger partial charge in [-0.25, -0.2) is 14.6 Å². The number of nitrogens with one attached hydrogen (secondary N) is 1. The quantitative estimate of drug-likeness (QED) is 0.622. The average Bonchev–Trinajstić information content (AvgIpc) is 2.60. The highest BCUT2D eigenvalue weighted by Gasteiger charge is 2.26. The molecule has 0 unspecified atom stereocenters. The number of rotatable bonds is 2. The minimum absolute atomic E-state index is 0.314. The van der Waals surface area contributed by atoms with E-state index in [1.54, 1.807) is 17.0 Å². The Morgan fingerprint density at radius 1 is 1.12 bits per heavy atom. The van der Waals surface area contributed by atoms with Crippen LogP contribution in [-0.2, 0) is 19.1 Å². The molecule has 1 aromatic heterocycles. The van der Waals surface area contributed by atoms with E-state index in [1.807, 2.05) is 25.7 Å². The normalized spacial score (nSPS) is 14.6. The van der Waals surface area contributed by atoms with E-state index in [0.717, 1.165) is 12.9 Å². The molecule has 0 atom stereocenters. The van der Waals surface area contributed by atoms with Crippen molar-refractivity contribution in [1.82, 2.24) is 9.88 Å². The van der Waals surface area contributed by atoms with E-state index in [1.165, 1.54) is 6.20 Å². The van der Waals surface area contributed by atoms with Gasteiger partial charge in [0.15, 0.2) is 0 Å². The third-order valence-electron chi connectivity index (χ3n) is 3.63. The van der Waals surface area contributed by atoms with E-state index in [4.69, 9.17) is 4.74 Å². The molecule has 0 aromatic carbocycles. The Kier molecular flexibility index (Phi) is 6.01. The molecule has 26 heavy (non-hydrogen) atoms. The SMILES string of the molecule is COC(=O)C(=O)Nc1ccc(N2CCN(C(=O)OC(C)(C)C)CC2)nc1. The van der Waals surface area contributed by atoms with Crippen LogP contribution >= 0.6 is 0 Å². The Morgan fingerprint density at radius 2 is 1.77 bits per heavy atom. The van der Waals surface area contributed by atoms with E-state index in [2.05, 4.69) is 15.0 Å². The number of anilines is 2. The smallest absolute Gasteiger partial charge is 0.410 e. The molecule has 1 aliphatic heterocycles. The van der Waals surface area contributed by atoms with Crippen LogP contribution in [0.5, 0.6) is 0 Å². The highest BCUT2D eigenvalue weighted by Crippen LogP contribution is 2.17. The number of ether oxygens (including phenoxy) is 2. The van der Waals surface area contributed by atoms with Crippen LogP contribution in [0.4, 0.5) is 16.3 Å². The van der Waals surface area contributed by atoms with Crippen molar-refractivity contribution < 1.29 is 23.9 Å². The monoisotopic (exact) mass is 364 g/mol. The molecule has 2 rings (SSSR count). The summed E-state index contributed by atoms with van der Waals surface area (Å²) in [5.41, 5.74) is -0.114. The molecule has 0 spiro atoms. The van der Waals surface area contributed by atoms with Gasteiger partial charge in [-0.3, -0.25) is 4.79 Å². The Morgan fingerprint density at radius 3 is 2.27 bits per heavy atom. The molecule has 0 radical (unpaired) electrons. The second kappa shape index (κ2) is 8.03. The summed E-state index contributed by atoms with van der Waals surface area (Å²) >= 11 is 0. The van der Waals surface area contributed by atoms with Crippen LogP contribution in [0, 0.1) is 0 Å². The molecular formula is C17H24N4O5. The van der Waals surface area contributed by atoms with Crippen molar-refractivity contribution in [2.24, 2.45) is 0 Å². The number of hydrogen-bond acceptors (Lipinski definition) is 7. The van der Waals surface area contributed by atoms with Crippen LogP contribution in [0.2, 0.25) is 0 Å². The van der Waals surface area contributed by atoms with Gasteiger partial charge in [0.05, 0.1) is 19.0 Å². The first-order valence-electron chi connectivity index (χ1n) is 8.28. The molecule has 1 aromatic rings. The van der Waals surface area contributed by atoms with E-state index < -0.39 is 17.5 Å². The Balaban J connectivity index is 1.88. The first kappa shape index (κ1) is 19.5. The molecule has 9 nitrogen and oxygen atoms in total. The summed E-state index contributed by atoms with van der Waals surface area (Å²) in [7, 11) is 1.14. The van der Waals surface area contributed by atoms with Crippen molar-refractivity contribution in [3.8, 4) is 0 Å². The maximum Gasteiger partial charge on any atom is 0.410 e. The van der Waals surface area contributed by atoms with Gasteiger partial charge in [0, 0.05) is 26.2 Å². The third-order valence-corrected chi connectivity index (χ3v) is 3.63. The molecule has 1 aliphatic rings. The van der Waals surface area contributed by atoms with Gasteiger partial charge < -0.3 is 24.6 Å². The lowest BCUT2D eigenvalue weighted by Gasteiger charge is -2.36. The molecule has 9 heteroatoms. The summed E-state index contributed by atoms with van der Waals surface area (Å²) in [5, 5.41) is 2.40. The van der Waals surface area contributed by atoms with E-state index in [-0.39, 0.29) is 6.09 Å². The van der Waals surface area contributed by atoms with Gasteiger partial charge in [0.2, 0.25) is 0 Å². The molecule has 1 N–H and O–H groups in total. The molecule has 0 aliphatic carbocycles. The van der Waals surface area contributed by atoms with Gasteiger partial charge in [-0.05, 0) is 32.9 Å². The molecule has 2 heterocycles. The van der Waals surface area contributed by atoms with Gasteiger partial charge in [0.25, 0.3) is 0 Å². The standard InChI is InChI=1S/C17H24N4O5/c1-17(2,3)26-16(24)21-9-7-20(8-10-21)13-6-5-12(11-18-13)19-14(22)15(23)25-4/h5-6,11H,7-10H2,1-4H3,(H,19,22). The van der Waals surface area contributed by atoms with Crippen molar-refractivity contribution in [3.05, 3.63) is 18.3 Å². The first-order chi connectivity index (χ1) is 12.2. The minimum atomic E-state index is -0.965. The third kappa shape index (κ3) is 5.33. The Labute approximate surface area is 152 Å². The number of methoxy groups -OCH3 is 1. The fourth-order valence-corrected chi connectivity index (χ4v) is 2.37. The van der Waals surface area contributed by atoms with E-state index in [9.17, 15) is 14.4 Å². The van der Waals surface area contributed by atoms with Crippen molar-refractivity contribution in [2.45, 2.75) is 26.4 Å². The van der Waals surface area contributed by atoms with E-state index >= 15 is 0 Å². The zero-order valence-electron chi connectivity index (χ0n) is 15.4. The highest BCUT2D eigenvalue weighted by molar-refractivity contribution is 6.37. The average molecular weight is 364 g/mol. The maximum absolute atomic E-state index is 12.1. The summed E-state index contributed by atoms with van der Waals surface area (Å²) in [6, 6.07) is 3.40. The molecule has 142 valence electrons. The number of hydrogen-bond donors (Lipinski definition) is 1. The predicted octanol–water partition coefficient (Wildman–Crippen LogP) is 1.25. The fourth-order valence-electron chi connectivity index (χ4n) is 2.37. The number of carbonyl (C=O) groups is 3. The van der Waals surface area contributed by atoms with Crippen LogP contribution in [0.3, 0.4) is 0 Å². The van der Waals surface area contributed by atoms with Crippen LogP contribution < -0.4 is 10.2 Å². The largest absolute Gasteiger partial charge is 0.462 e. The molecule has 0 bridgehead atoms. The maximum atomic E-state index is 12.1. The summed E-state index contributed by atoms with van der Waals surface area (Å²) < 4.78 is 9.71. The van der Waals surface area contributed by atoms with Crippen molar-refractivity contribution in [2.75, 3.05) is 43.5 Å². The number of nitrogens with zero attached hydrogens (tertiary/aromatic N) is 3. The van der Waals surface area contributed by atoms with Gasteiger partial charge in [-0.15, -0.1) is 0 Å². The zero-order valence-corrected chi connectivity index (χ0v) is 15.4. The van der Waals surface area contributed by atoms with Crippen LogP contribution in [0.1, 0.15) is 20.8 Å². The van der Waals surface area contributed by atoms with Crippen molar-refractivity contribution in [3.63, 3.8) is 0 Å². The topological polar surface area (TPSA) is 101 Å². The molecule has 1 fully saturated rings. The molecular weight excluding hydrogens is 340 g/mol. The number of piperazine rings is 1. The van der Waals surface area contributed by atoms with Gasteiger partial charge in [-0.1, -0.05) is 0 Å². The number of amides is 2. The van der Waals surface area contributed by atoms with Crippen molar-refractivity contribution in [1.29, 1.82) is 0 Å². The summed E-state index contributed by atoms with van der Waals surface area (Å²) in [5.74, 6) is -1.09. The summed E-state index contributed by atoms with van der Waals surface area (Å²) in [6.07, 6.45) is 1.15. The number of aromatic nitrogens is 1. The van der Waals surface area contributed by atoms with Crippen LogP contribution in [0.25, 0.3) is 0 Å². The zero-order chi connectivity index (χ0) is 19.3. The Hall–Kier alpha value is -2.84. The van der Waals surface area contributed by atoms with Crippen LogP contribution in [0.15, 0.2) is 18.3 Å². The fraction of sp³-hybridized carbons (Fsp3) is 0.529. The first-order valence-corrected chi connectivity index (χ1v) is 8.28. The number of carbonyl (C=O) groups excluding carboxylic acids is 3. The van der Waals surface area contributed by atoms with Gasteiger partial charge >= 0.3 is 18.0 Å². The van der Waals surface area contributed by atoms with Crippen LogP contribution in [-0.4, -0.2) is 66.7 Å². The minimum Gasteiger partial charge on any atom is -0.462 e. The number of pyridine rings is 1. The van der Waals surface area contributed by atoms with Crippen molar-refractivity contribution >= 4 is 29.5 Å². The molecule has 1 saturated heterocycles. The lowest BCUT2D eigenvalue weighted by molar-refractivity contribution is -0.150. The summed E-state index contributed by atoms with van der Waals surface area (Å²) in [6.45, 7) is 7.85. The molecule has 2 amide bonds. The van der Waals surface area contributed by atoms with Gasteiger partial charge in [0.1, 0.15) is 11.4 Å². The molecule has 0 saturated carbocycles. The predicted molar refractivity (Wildman–Crippen MR) is 94.9 cm³/mol. The summed E-state index contributed by atoms with van der Waals surface area (Å²) in [4.78, 5) is 42.6. The van der Waals surface area contributed by atoms with E-state index in [0.29, 0.717) is 31.9 Å². The number of esters is 1.